The van der Waals surface area contributed by atoms with Crippen molar-refractivity contribution in [3.8, 4) is 11.9 Å². The number of amides is 1. The molecule has 90 valence electrons. The van der Waals surface area contributed by atoms with Crippen LogP contribution in [0.1, 0.15) is 12.5 Å². The van der Waals surface area contributed by atoms with Crippen molar-refractivity contribution in [2.45, 2.75) is 6.92 Å². The number of nitrogens with one attached hydrogen (secondary N) is 1. The first-order valence-corrected chi connectivity index (χ1v) is 5.93. The topological polar surface area (TPSA) is 101 Å². The molecule has 17 heavy (non-hydrogen) atoms. The summed E-state index contributed by atoms with van der Waals surface area (Å²) in [5, 5.41) is 11.6. The van der Waals surface area contributed by atoms with Gasteiger partial charge in [0.05, 0.1) is 17.6 Å². The SMILES string of the molecule is CCOc1nc(NC(=O)CBr)cc(N)c1C#N. The van der Waals surface area contributed by atoms with Crippen LogP contribution < -0.4 is 15.8 Å². The number of carbonyl (C=O) groups is 1. The van der Waals surface area contributed by atoms with Gasteiger partial charge < -0.3 is 15.8 Å². The smallest absolute Gasteiger partial charge is 0.236 e. The van der Waals surface area contributed by atoms with Crippen molar-refractivity contribution >= 4 is 33.3 Å². The molecule has 0 spiro atoms. The predicted molar refractivity (Wildman–Crippen MR) is 67.0 cm³/mol. The molecule has 0 bridgehead atoms. The van der Waals surface area contributed by atoms with Crippen molar-refractivity contribution in [3.05, 3.63) is 11.6 Å². The Labute approximate surface area is 107 Å². The number of hydrogen-bond donors (Lipinski definition) is 2. The van der Waals surface area contributed by atoms with Gasteiger partial charge >= 0.3 is 0 Å². The Morgan fingerprint density at radius 3 is 3.00 bits per heavy atom. The number of hydrogen-bond acceptors (Lipinski definition) is 5. The maximum atomic E-state index is 11.2. The molecule has 1 amide bonds. The van der Waals surface area contributed by atoms with E-state index in [9.17, 15) is 4.79 Å². The van der Waals surface area contributed by atoms with Crippen LogP contribution in [0.2, 0.25) is 0 Å². The second-order valence-electron chi connectivity index (χ2n) is 3.00. The number of nitrogen functional groups attached to an aromatic ring is 1. The molecule has 1 rings (SSSR count). The van der Waals surface area contributed by atoms with E-state index in [1.807, 2.05) is 6.07 Å². The molecule has 6 nitrogen and oxygen atoms in total. The molecule has 3 N–H and O–H groups in total. The fourth-order valence-corrected chi connectivity index (χ4v) is 1.27. The highest BCUT2D eigenvalue weighted by molar-refractivity contribution is 9.09. The monoisotopic (exact) mass is 298 g/mol. The van der Waals surface area contributed by atoms with E-state index in [0.717, 1.165) is 0 Å². The maximum Gasteiger partial charge on any atom is 0.236 e. The van der Waals surface area contributed by atoms with E-state index in [4.69, 9.17) is 15.7 Å². The number of carbonyl (C=O) groups excluding carboxylic acids is 1. The molecular weight excluding hydrogens is 288 g/mol. The van der Waals surface area contributed by atoms with Crippen LogP contribution >= 0.6 is 15.9 Å². The number of rotatable bonds is 4. The van der Waals surface area contributed by atoms with E-state index in [-0.39, 0.29) is 34.2 Å². The summed E-state index contributed by atoms with van der Waals surface area (Å²) in [6.07, 6.45) is 0. The molecule has 1 aromatic heterocycles. The van der Waals surface area contributed by atoms with Gasteiger partial charge in [0.15, 0.2) is 0 Å². The summed E-state index contributed by atoms with van der Waals surface area (Å²) >= 11 is 3.01. The third kappa shape index (κ3) is 3.32. The Hall–Kier alpha value is -1.81. The number of halogens is 1. The Kier molecular flexibility index (Phi) is 4.72. The second-order valence-corrected chi connectivity index (χ2v) is 3.56. The zero-order valence-electron chi connectivity index (χ0n) is 9.16. The van der Waals surface area contributed by atoms with E-state index < -0.39 is 0 Å². The molecule has 0 radical (unpaired) electrons. The van der Waals surface area contributed by atoms with E-state index >= 15 is 0 Å². The summed E-state index contributed by atoms with van der Waals surface area (Å²) in [5.74, 6) is 0.123. The van der Waals surface area contributed by atoms with Gasteiger partial charge in [-0.1, -0.05) is 15.9 Å². The van der Waals surface area contributed by atoms with E-state index in [1.165, 1.54) is 6.07 Å². The lowest BCUT2D eigenvalue weighted by molar-refractivity contribution is -0.113. The number of alkyl halides is 1. The molecule has 0 aromatic carbocycles. The van der Waals surface area contributed by atoms with E-state index in [2.05, 4.69) is 26.2 Å². The number of ether oxygens (including phenoxy) is 1. The third-order valence-corrected chi connectivity index (χ3v) is 2.31. The lowest BCUT2D eigenvalue weighted by Gasteiger charge is -2.09. The average molecular weight is 299 g/mol. The van der Waals surface area contributed by atoms with E-state index in [0.29, 0.717) is 6.61 Å². The summed E-state index contributed by atoms with van der Waals surface area (Å²) in [5.41, 5.74) is 6.06. The van der Waals surface area contributed by atoms with Gasteiger partial charge in [0.1, 0.15) is 17.5 Å². The van der Waals surface area contributed by atoms with Gasteiger partial charge in [-0.25, -0.2) is 0 Å². The van der Waals surface area contributed by atoms with Crippen LogP contribution in [-0.2, 0) is 4.79 Å². The molecule has 1 aromatic rings. The van der Waals surface area contributed by atoms with Crippen LogP contribution in [0.3, 0.4) is 0 Å². The minimum atomic E-state index is -0.260. The minimum Gasteiger partial charge on any atom is -0.477 e. The van der Waals surface area contributed by atoms with Crippen molar-refractivity contribution in [3.63, 3.8) is 0 Å². The molecule has 0 unspecified atom stereocenters. The van der Waals surface area contributed by atoms with Gasteiger partial charge in [-0.3, -0.25) is 4.79 Å². The number of anilines is 2. The first-order valence-electron chi connectivity index (χ1n) is 4.81. The van der Waals surface area contributed by atoms with Gasteiger partial charge in [0, 0.05) is 6.07 Å². The molecule has 0 aliphatic heterocycles. The first kappa shape index (κ1) is 13.3. The number of aromatic nitrogens is 1. The van der Waals surface area contributed by atoms with Crippen LogP contribution in [-0.4, -0.2) is 22.8 Å². The van der Waals surface area contributed by atoms with Gasteiger partial charge in [-0.05, 0) is 6.92 Å². The number of nitrogens with zero attached hydrogens (tertiary/aromatic N) is 2. The fraction of sp³-hybridized carbons (Fsp3) is 0.300. The number of pyridine rings is 1. The Morgan fingerprint density at radius 2 is 2.47 bits per heavy atom. The fourth-order valence-electron chi connectivity index (χ4n) is 1.13. The predicted octanol–water partition coefficient (Wildman–Crippen LogP) is 1.27. The zero-order chi connectivity index (χ0) is 12.8. The standard InChI is InChI=1S/C10H11BrN4O2/c1-2-17-10-6(5-12)7(13)3-8(15-10)14-9(16)4-11/h3H,2,4H2,1H3,(H3,13,14,15,16). The van der Waals surface area contributed by atoms with Gasteiger partial charge in [-0.2, -0.15) is 10.2 Å². The summed E-state index contributed by atoms with van der Waals surface area (Å²) in [4.78, 5) is 15.2. The second kappa shape index (κ2) is 6.06. The molecule has 7 heteroatoms. The zero-order valence-corrected chi connectivity index (χ0v) is 10.7. The lowest BCUT2D eigenvalue weighted by Crippen LogP contribution is -2.14. The van der Waals surface area contributed by atoms with Crippen molar-refractivity contribution in [1.29, 1.82) is 5.26 Å². The highest BCUT2D eigenvalue weighted by atomic mass is 79.9. The molecule has 0 atom stereocenters. The highest BCUT2D eigenvalue weighted by Gasteiger charge is 2.12. The summed E-state index contributed by atoms with van der Waals surface area (Å²) in [6.45, 7) is 2.12. The Bertz CT molecular complexity index is 470. The summed E-state index contributed by atoms with van der Waals surface area (Å²) < 4.78 is 5.19. The van der Waals surface area contributed by atoms with Crippen molar-refractivity contribution < 1.29 is 9.53 Å². The summed E-state index contributed by atoms with van der Waals surface area (Å²) in [6, 6.07) is 3.33. The van der Waals surface area contributed by atoms with Crippen molar-refractivity contribution in [2.24, 2.45) is 0 Å². The van der Waals surface area contributed by atoms with Crippen molar-refractivity contribution in [2.75, 3.05) is 23.0 Å². The van der Waals surface area contributed by atoms with Gasteiger partial charge in [0.25, 0.3) is 0 Å². The van der Waals surface area contributed by atoms with Crippen LogP contribution in [0.4, 0.5) is 11.5 Å². The highest BCUT2D eigenvalue weighted by Crippen LogP contribution is 2.24. The third-order valence-electron chi connectivity index (χ3n) is 1.80. The molecule has 0 saturated carbocycles. The van der Waals surface area contributed by atoms with E-state index in [1.54, 1.807) is 6.92 Å². The minimum absolute atomic E-state index is 0.125. The molecular formula is C10H11BrN4O2. The molecule has 0 aliphatic rings. The van der Waals surface area contributed by atoms with Gasteiger partial charge in [-0.15, -0.1) is 0 Å². The number of nitrogens with two attached hydrogens (primary N) is 1. The first-order chi connectivity index (χ1) is 8.12. The quantitative estimate of drug-likeness (QED) is 0.815. The van der Waals surface area contributed by atoms with Crippen LogP contribution in [0.25, 0.3) is 0 Å². The normalized spacial score (nSPS) is 9.47. The van der Waals surface area contributed by atoms with Crippen LogP contribution in [0, 0.1) is 11.3 Å². The molecule has 0 saturated heterocycles. The largest absolute Gasteiger partial charge is 0.477 e. The van der Waals surface area contributed by atoms with Gasteiger partial charge in [0.2, 0.25) is 11.8 Å². The maximum absolute atomic E-state index is 11.2. The molecule has 0 aliphatic carbocycles. The lowest BCUT2D eigenvalue weighted by atomic mass is 10.2. The van der Waals surface area contributed by atoms with Crippen molar-refractivity contribution in [1.82, 2.24) is 4.98 Å². The molecule has 0 fully saturated rings. The number of nitriles is 1. The average Bonchev–Trinajstić information content (AvgIpc) is 2.29. The Morgan fingerprint density at radius 1 is 1.76 bits per heavy atom. The Balaban J connectivity index is 3.11. The summed E-state index contributed by atoms with van der Waals surface area (Å²) in [7, 11) is 0. The molecule has 1 heterocycles. The van der Waals surface area contributed by atoms with Crippen LogP contribution in [0.5, 0.6) is 5.88 Å². The van der Waals surface area contributed by atoms with Crippen LogP contribution in [0.15, 0.2) is 6.07 Å².